The number of hydrogen-bond acceptors (Lipinski definition) is 7. The normalized spacial score (nSPS) is 10.6. The second kappa shape index (κ2) is 6.37. The number of anilines is 1. The van der Waals surface area contributed by atoms with Crippen LogP contribution in [0.5, 0.6) is 0 Å². The molecule has 0 atom stereocenters. The zero-order valence-corrected chi connectivity index (χ0v) is 8.72. The number of aromatic amines is 1. The fraction of sp³-hybridized carbons (Fsp3) is 0.333. The van der Waals surface area contributed by atoms with Gasteiger partial charge in [0.15, 0.2) is 0 Å². The van der Waals surface area contributed by atoms with E-state index in [0.29, 0.717) is 5.69 Å². The number of nitrogens with zero attached hydrogens (tertiary/aromatic N) is 1. The zero-order valence-electron chi connectivity index (χ0n) is 7.96. The number of aliphatic hydroxyl groups is 1. The molecule has 10 heteroatoms. The minimum Gasteiger partial charge on any atom is -0.394 e. The van der Waals surface area contributed by atoms with E-state index in [4.69, 9.17) is 29.5 Å². The quantitative estimate of drug-likeness (QED) is 0.528. The van der Waals surface area contributed by atoms with Crippen molar-refractivity contribution in [2.75, 3.05) is 12.3 Å². The molecule has 0 fully saturated rings. The van der Waals surface area contributed by atoms with Crippen LogP contribution in [-0.2, 0) is 6.54 Å². The summed E-state index contributed by atoms with van der Waals surface area (Å²) in [6, 6.07) is 1.30. The van der Waals surface area contributed by atoms with Crippen molar-refractivity contribution in [3.8, 4) is 0 Å². The highest BCUT2D eigenvalue weighted by atomic mass is 35.7. The molecule has 9 nitrogen and oxygen atoms in total. The van der Waals surface area contributed by atoms with E-state index >= 15 is 0 Å². The molecule has 92 valence electrons. The molecule has 0 aliphatic carbocycles. The first-order chi connectivity index (χ1) is 7.24. The molecule has 4 N–H and O–H groups in total. The van der Waals surface area contributed by atoms with Crippen molar-refractivity contribution >= 4 is 5.69 Å². The Balaban J connectivity index is 0.000000385. The van der Waals surface area contributed by atoms with Crippen LogP contribution < -0.4 is 35.0 Å². The van der Waals surface area contributed by atoms with Gasteiger partial charge in [-0.1, -0.05) is 0 Å². The number of aromatic nitrogens is 2. The van der Waals surface area contributed by atoms with Crippen LogP contribution in [0.25, 0.3) is 0 Å². The number of hydrogen-bond donors (Lipinski definition) is 2. The molecule has 1 aromatic heterocycles. The third kappa shape index (κ3) is 8.11. The van der Waals surface area contributed by atoms with Crippen LogP contribution in [-0.4, -0.2) is 16.4 Å². The van der Waals surface area contributed by atoms with Gasteiger partial charge in [-0.3, -0.25) is 4.79 Å². The number of nitrogens with one attached hydrogen (secondary N) is 1. The molecule has 0 aromatic carbocycles. The molecule has 0 aliphatic rings. The Labute approximate surface area is 91.7 Å². The van der Waals surface area contributed by atoms with Crippen molar-refractivity contribution in [3.63, 3.8) is 0 Å². The van der Waals surface area contributed by atoms with Gasteiger partial charge in [0.05, 0.1) is 6.61 Å². The van der Waals surface area contributed by atoms with E-state index < -0.39 is 10.2 Å². The number of rotatable bonds is 2. The van der Waals surface area contributed by atoms with Gasteiger partial charge in [-0.15, -0.1) is 20.0 Å². The summed E-state index contributed by atoms with van der Waals surface area (Å²) >= 11 is 0. The predicted octanol–water partition coefficient (Wildman–Crippen LogP) is -6.52. The van der Waals surface area contributed by atoms with Crippen molar-refractivity contribution in [2.24, 2.45) is 0 Å². The smallest absolute Gasteiger partial charge is 0.302 e. The van der Waals surface area contributed by atoms with Gasteiger partial charge < -0.3 is 10.8 Å². The molecule has 0 amide bonds. The lowest BCUT2D eigenvalue weighted by atomic mass is 10.5. The van der Waals surface area contributed by atoms with E-state index in [9.17, 15) is 4.79 Å². The number of nitrogens with two attached hydrogens (primary N) is 1. The van der Waals surface area contributed by atoms with Gasteiger partial charge in [0.1, 0.15) is 12.2 Å². The second-order valence-electron chi connectivity index (χ2n) is 2.51. The lowest BCUT2D eigenvalue weighted by molar-refractivity contribution is -2.00. The van der Waals surface area contributed by atoms with Crippen LogP contribution in [0.15, 0.2) is 17.1 Å². The minimum atomic E-state index is -4.94. The van der Waals surface area contributed by atoms with Crippen LogP contribution in [0.3, 0.4) is 0 Å². The summed E-state index contributed by atoms with van der Waals surface area (Å²) in [6.07, 6.45) is 1.50. The van der Waals surface area contributed by atoms with Crippen LogP contribution in [0.1, 0.15) is 0 Å². The summed E-state index contributed by atoms with van der Waals surface area (Å²) in [5.74, 6) is 0. The molecule has 0 radical (unpaired) electrons. The maximum atomic E-state index is 11.0. The topological polar surface area (TPSA) is 175 Å². The SMILES string of the molecule is Nc1c[nH+]n(CCO)c(=O)c1.[O-][Cl+3]([O-])([O-])[O-]. The molecule has 16 heavy (non-hydrogen) atoms. The van der Waals surface area contributed by atoms with Crippen molar-refractivity contribution in [3.05, 3.63) is 22.6 Å². The standard InChI is InChI=1S/C6H9N3O2.ClHO4/c7-5-3-6(11)9(1-2-10)8-4-5;2-1(3,4)5/h3-4,10H,1-2,7H2;(H,2,3,4,5). The summed E-state index contributed by atoms with van der Waals surface area (Å²) in [5.41, 5.74) is 5.47. The summed E-state index contributed by atoms with van der Waals surface area (Å²) in [6.45, 7) is 0.194. The largest absolute Gasteiger partial charge is 0.394 e. The molecule has 0 saturated heterocycles. The average molecular weight is 256 g/mol. The monoisotopic (exact) mass is 255 g/mol. The Kier molecular flexibility index (Phi) is 5.88. The zero-order chi connectivity index (χ0) is 12.8. The Bertz CT molecular complexity index is 369. The summed E-state index contributed by atoms with van der Waals surface area (Å²) in [5, 5.41) is 11.1. The van der Waals surface area contributed by atoms with E-state index in [1.54, 1.807) is 0 Å². The maximum absolute atomic E-state index is 11.0. The van der Waals surface area contributed by atoms with Crippen molar-refractivity contribution in [1.29, 1.82) is 0 Å². The highest BCUT2D eigenvalue weighted by molar-refractivity contribution is 5.29. The third-order valence-electron chi connectivity index (χ3n) is 1.27. The molecule has 0 saturated carbocycles. The Morgan fingerprint density at radius 3 is 2.31 bits per heavy atom. The fourth-order valence-electron chi connectivity index (χ4n) is 0.753. The first-order valence-corrected chi connectivity index (χ1v) is 5.08. The molecule has 1 heterocycles. The van der Waals surface area contributed by atoms with E-state index in [0.717, 1.165) is 0 Å². The van der Waals surface area contributed by atoms with Crippen molar-refractivity contribution in [2.45, 2.75) is 6.54 Å². The van der Waals surface area contributed by atoms with Crippen LogP contribution in [0.2, 0.25) is 0 Å². The summed E-state index contributed by atoms with van der Waals surface area (Å²) in [4.78, 5) is 11.0. The maximum Gasteiger partial charge on any atom is 0.302 e. The molecule has 0 spiro atoms. The van der Waals surface area contributed by atoms with Gasteiger partial charge in [0.25, 0.3) is 0 Å². The van der Waals surface area contributed by atoms with Crippen molar-refractivity contribution in [1.82, 2.24) is 4.68 Å². The average Bonchev–Trinajstić information content (AvgIpc) is 2.07. The third-order valence-corrected chi connectivity index (χ3v) is 1.27. The number of H-pyrrole nitrogens is 1. The molecule has 0 bridgehead atoms. The molecule has 0 unspecified atom stereocenters. The van der Waals surface area contributed by atoms with Gasteiger partial charge in [0, 0.05) is 6.07 Å². The highest BCUT2D eigenvalue weighted by Gasteiger charge is 2.00. The molecular weight excluding hydrogens is 246 g/mol. The Morgan fingerprint density at radius 1 is 1.44 bits per heavy atom. The first kappa shape index (κ1) is 14.8. The Hall–Kier alpha value is -1.23. The summed E-state index contributed by atoms with van der Waals surface area (Å²) < 4.78 is 35.2. The number of nitrogen functional groups attached to an aromatic ring is 1. The van der Waals surface area contributed by atoms with E-state index in [2.05, 4.69) is 5.10 Å². The predicted molar refractivity (Wildman–Crippen MR) is 38.8 cm³/mol. The lowest BCUT2D eigenvalue weighted by Crippen LogP contribution is -2.68. The lowest BCUT2D eigenvalue weighted by Gasteiger charge is -2.17. The number of aliphatic hydroxyl groups excluding tert-OH is 1. The van der Waals surface area contributed by atoms with Crippen LogP contribution >= 0.6 is 0 Å². The second-order valence-corrected chi connectivity index (χ2v) is 3.27. The first-order valence-electron chi connectivity index (χ1n) is 3.84. The Morgan fingerprint density at radius 2 is 1.94 bits per heavy atom. The van der Waals surface area contributed by atoms with Gasteiger partial charge in [-0.25, -0.2) is 18.6 Å². The van der Waals surface area contributed by atoms with Gasteiger partial charge in [0.2, 0.25) is 6.20 Å². The fourth-order valence-corrected chi connectivity index (χ4v) is 0.753. The number of halogens is 1. The van der Waals surface area contributed by atoms with Gasteiger partial charge in [-0.05, 0) is 0 Å². The minimum absolute atomic E-state index is 0.0691. The molecule has 1 rings (SSSR count). The van der Waals surface area contributed by atoms with Crippen molar-refractivity contribution < 1.29 is 39.1 Å². The summed E-state index contributed by atoms with van der Waals surface area (Å²) in [7, 11) is -4.94. The molecule has 1 aromatic rings. The van der Waals surface area contributed by atoms with Gasteiger partial charge >= 0.3 is 5.56 Å². The van der Waals surface area contributed by atoms with E-state index in [1.165, 1.54) is 16.9 Å². The van der Waals surface area contributed by atoms with Crippen LogP contribution in [0.4, 0.5) is 5.69 Å². The van der Waals surface area contributed by atoms with E-state index in [1.807, 2.05) is 0 Å². The molecular formula is C6H10ClN3O6. The van der Waals surface area contributed by atoms with Crippen LogP contribution in [0, 0.1) is 10.2 Å². The molecule has 0 aliphatic heterocycles. The van der Waals surface area contributed by atoms with E-state index in [-0.39, 0.29) is 18.7 Å². The highest BCUT2D eigenvalue weighted by Crippen LogP contribution is 1.85. The van der Waals surface area contributed by atoms with Gasteiger partial charge in [-0.2, -0.15) is 0 Å².